The molecule has 4 nitrogen and oxygen atoms in total. The smallest absolute Gasteiger partial charge is 0.432 e. The molecule has 0 spiro atoms. The molecule has 0 atom stereocenters. The highest BCUT2D eigenvalue weighted by Crippen LogP contribution is 2.38. The number of hydrogen-bond donors (Lipinski definition) is 1. The first-order valence-electron chi connectivity index (χ1n) is 6.18. The highest BCUT2D eigenvalue weighted by atomic mass is 19.4. The number of methoxy groups -OCH3 is 1. The maximum absolute atomic E-state index is 13.1. The van der Waals surface area contributed by atoms with Crippen LogP contribution in [0.15, 0.2) is 24.3 Å². The van der Waals surface area contributed by atoms with Gasteiger partial charge >= 0.3 is 12.1 Å². The van der Waals surface area contributed by atoms with Crippen LogP contribution in [0.2, 0.25) is 0 Å². The first-order chi connectivity index (χ1) is 10.3. The summed E-state index contributed by atoms with van der Waals surface area (Å²) in [7, 11) is 1.02. The molecule has 114 valence electrons. The number of carbonyl (C=O) groups excluding carboxylic acids is 1. The zero-order valence-electron chi connectivity index (χ0n) is 11.7. The van der Waals surface area contributed by atoms with Gasteiger partial charge in [-0.15, -0.1) is 0 Å². The largest absolute Gasteiger partial charge is 0.465 e. The van der Waals surface area contributed by atoms with Gasteiger partial charge in [0, 0.05) is 11.3 Å². The molecule has 0 aliphatic carbocycles. The van der Waals surface area contributed by atoms with E-state index in [-0.39, 0.29) is 11.3 Å². The number of nitrogens with one attached hydrogen (secondary N) is 1. The minimum atomic E-state index is -4.71. The third-order valence-electron chi connectivity index (χ3n) is 3.16. The molecule has 0 saturated heterocycles. The zero-order chi connectivity index (χ0) is 16.5. The van der Waals surface area contributed by atoms with Gasteiger partial charge in [-0.25, -0.2) is 4.79 Å². The minimum absolute atomic E-state index is 0.115. The van der Waals surface area contributed by atoms with Gasteiger partial charge in [0.2, 0.25) is 0 Å². The third kappa shape index (κ3) is 2.68. The van der Waals surface area contributed by atoms with Gasteiger partial charge in [0.15, 0.2) is 0 Å². The van der Waals surface area contributed by atoms with Crippen molar-refractivity contribution < 1.29 is 22.7 Å². The average molecular weight is 308 g/mol. The Kier molecular flexibility index (Phi) is 3.95. The lowest BCUT2D eigenvalue weighted by Gasteiger charge is -2.08. The quantitative estimate of drug-likeness (QED) is 0.861. The number of rotatable bonds is 2. The Labute approximate surface area is 124 Å². The molecule has 0 saturated carbocycles. The molecule has 1 heterocycles. The van der Waals surface area contributed by atoms with Gasteiger partial charge in [0.25, 0.3) is 0 Å². The van der Waals surface area contributed by atoms with Gasteiger partial charge in [-0.1, -0.05) is 12.1 Å². The van der Waals surface area contributed by atoms with Crippen LogP contribution < -0.4 is 0 Å². The Morgan fingerprint density at radius 3 is 2.32 bits per heavy atom. The van der Waals surface area contributed by atoms with Gasteiger partial charge in [-0.3, -0.25) is 0 Å². The highest BCUT2D eigenvalue weighted by Gasteiger charge is 2.40. The second-order valence-electron chi connectivity index (χ2n) is 4.55. The van der Waals surface area contributed by atoms with Crippen molar-refractivity contribution in [2.75, 3.05) is 7.11 Å². The zero-order valence-corrected chi connectivity index (χ0v) is 11.7. The van der Waals surface area contributed by atoms with Crippen LogP contribution in [-0.2, 0) is 10.9 Å². The molecule has 0 unspecified atom stereocenters. The van der Waals surface area contributed by atoms with Gasteiger partial charge < -0.3 is 9.72 Å². The second kappa shape index (κ2) is 5.56. The summed E-state index contributed by atoms with van der Waals surface area (Å²) < 4.78 is 43.8. The maximum Gasteiger partial charge on any atom is 0.432 e. The first kappa shape index (κ1) is 15.6. The van der Waals surface area contributed by atoms with Crippen molar-refractivity contribution >= 4 is 5.97 Å². The lowest BCUT2D eigenvalue weighted by Crippen LogP contribution is -2.13. The standard InChI is InChI=1S/C15H11F3N2O2/c1-8-11(10-5-3-9(7-19)4-6-10)12(14(21)22-2)13(20-8)15(16,17)18/h3-6,20H,1-2H3. The van der Waals surface area contributed by atoms with Crippen molar-refractivity contribution in [1.82, 2.24) is 4.98 Å². The van der Waals surface area contributed by atoms with E-state index < -0.39 is 23.4 Å². The number of aryl methyl sites for hydroxylation is 1. The molecule has 2 rings (SSSR count). The van der Waals surface area contributed by atoms with E-state index in [4.69, 9.17) is 5.26 Å². The summed E-state index contributed by atoms with van der Waals surface area (Å²) >= 11 is 0. The van der Waals surface area contributed by atoms with E-state index in [0.717, 1.165) is 7.11 Å². The number of benzene rings is 1. The number of hydrogen-bond acceptors (Lipinski definition) is 3. The second-order valence-corrected chi connectivity index (χ2v) is 4.55. The first-order valence-corrected chi connectivity index (χ1v) is 6.18. The Morgan fingerprint density at radius 1 is 1.27 bits per heavy atom. The van der Waals surface area contributed by atoms with Gasteiger partial charge in [0.1, 0.15) is 5.69 Å². The molecular weight excluding hydrogens is 297 g/mol. The molecule has 2 aromatic rings. The number of ether oxygens (including phenoxy) is 1. The van der Waals surface area contributed by atoms with Gasteiger partial charge in [0.05, 0.1) is 24.3 Å². The van der Waals surface area contributed by atoms with Gasteiger partial charge in [-0.2, -0.15) is 18.4 Å². The lowest BCUT2D eigenvalue weighted by molar-refractivity contribution is -0.141. The van der Waals surface area contributed by atoms with Crippen LogP contribution in [0.4, 0.5) is 13.2 Å². The van der Waals surface area contributed by atoms with Crippen LogP contribution in [-0.4, -0.2) is 18.1 Å². The molecule has 1 aromatic heterocycles. The number of esters is 1. The molecule has 0 amide bonds. The fourth-order valence-corrected chi connectivity index (χ4v) is 2.22. The van der Waals surface area contributed by atoms with E-state index in [2.05, 4.69) is 9.72 Å². The van der Waals surface area contributed by atoms with Crippen LogP contribution in [0, 0.1) is 18.3 Å². The summed E-state index contributed by atoms with van der Waals surface area (Å²) in [6.45, 7) is 1.44. The van der Waals surface area contributed by atoms with E-state index in [1.807, 2.05) is 6.07 Å². The number of halogens is 3. The summed E-state index contributed by atoms with van der Waals surface area (Å²) in [6.07, 6.45) is -4.71. The predicted octanol–water partition coefficient (Wildman–Crippen LogP) is 3.67. The summed E-state index contributed by atoms with van der Waals surface area (Å²) in [5.74, 6) is -1.07. The van der Waals surface area contributed by atoms with E-state index in [1.54, 1.807) is 0 Å². The van der Waals surface area contributed by atoms with Crippen molar-refractivity contribution in [3.8, 4) is 17.2 Å². The molecule has 0 aliphatic heterocycles. The number of aromatic nitrogens is 1. The molecule has 1 aromatic carbocycles. The normalized spacial score (nSPS) is 11.1. The number of carbonyl (C=O) groups is 1. The Hall–Kier alpha value is -2.75. The number of nitrogens with zero attached hydrogens (tertiary/aromatic N) is 1. The van der Waals surface area contributed by atoms with E-state index in [0.29, 0.717) is 11.1 Å². The number of alkyl halides is 3. The van der Waals surface area contributed by atoms with Crippen LogP contribution in [0.3, 0.4) is 0 Å². The molecule has 0 bridgehead atoms. The minimum Gasteiger partial charge on any atom is -0.465 e. The summed E-state index contributed by atoms with van der Waals surface area (Å²) in [5, 5.41) is 8.77. The average Bonchev–Trinajstić information content (AvgIpc) is 2.84. The molecular formula is C15H11F3N2O2. The number of nitriles is 1. The SMILES string of the molecule is COC(=O)c1c(C(F)(F)F)[nH]c(C)c1-c1ccc(C#N)cc1. The maximum atomic E-state index is 13.1. The third-order valence-corrected chi connectivity index (χ3v) is 3.16. The fourth-order valence-electron chi connectivity index (χ4n) is 2.22. The van der Waals surface area contributed by atoms with Crippen LogP contribution in [0.1, 0.15) is 27.3 Å². The van der Waals surface area contributed by atoms with E-state index >= 15 is 0 Å². The van der Waals surface area contributed by atoms with Crippen molar-refractivity contribution in [1.29, 1.82) is 5.26 Å². The number of H-pyrrole nitrogens is 1. The molecule has 0 aliphatic rings. The van der Waals surface area contributed by atoms with Crippen molar-refractivity contribution in [3.63, 3.8) is 0 Å². The van der Waals surface area contributed by atoms with E-state index in [1.165, 1.54) is 31.2 Å². The monoisotopic (exact) mass is 308 g/mol. The van der Waals surface area contributed by atoms with Gasteiger partial charge in [-0.05, 0) is 24.6 Å². The summed E-state index contributed by atoms with van der Waals surface area (Å²) in [5.41, 5.74) is -0.634. The molecule has 7 heteroatoms. The van der Waals surface area contributed by atoms with Crippen LogP contribution in [0.5, 0.6) is 0 Å². The van der Waals surface area contributed by atoms with Crippen LogP contribution in [0.25, 0.3) is 11.1 Å². The van der Waals surface area contributed by atoms with Crippen LogP contribution >= 0.6 is 0 Å². The molecule has 22 heavy (non-hydrogen) atoms. The molecule has 0 radical (unpaired) electrons. The molecule has 0 fully saturated rings. The Morgan fingerprint density at radius 2 is 1.86 bits per heavy atom. The molecule has 1 N–H and O–H groups in total. The summed E-state index contributed by atoms with van der Waals surface area (Å²) in [6, 6.07) is 7.83. The number of aromatic amines is 1. The Bertz CT molecular complexity index is 753. The van der Waals surface area contributed by atoms with Crippen molar-refractivity contribution in [3.05, 3.63) is 46.8 Å². The van der Waals surface area contributed by atoms with Crippen molar-refractivity contribution in [2.24, 2.45) is 0 Å². The summed E-state index contributed by atoms with van der Waals surface area (Å²) in [4.78, 5) is 14.0. The Balaban J connectivity index is 2.72. The topological polar surface area (TPSA) is 65.9 Å². The predicted molar refractivity (Wildman–Crippen MR) is 72.0 cm³/mol. The fraction of sp³-hybridized carbons (Fsp3) is 0.200. The van der Waals surface area contributed by atoms with E-state index in [9.17, 15) is 18.0 Å². The lowest BCUT2D eigenvalue weighted by atomic mass is 9.99. The van der Waals surface area contributed by atoms with Crippen molar-refractivity contribution in [2.45, 2.75) is 13.1 Å². The highest BCUT2D eigenvalue weighted by molar-refractivity contribution is 5.99.